The first kappa shape index (κ1) is 35.1. The number of benzene rings is 1. The lowest BCUT2D eigenvalue weighted by Gasteiger charge is -2.34. The van der Waals surface area contributed by atoms with Crippen LogP contribution in [0.5, 0.6) is 0 Å². The number of aromatic nitrogens is 10. The van der Waals surface area contributed by atoms with Crippen molar-refractivity contribution in [3.63, 3.8) is 0 Å². The van der Waals surface area contributed by atoms with Crippen LogP contribution in [0.1, 0.15) is 75.9 Å². The predicted molar refractivity (Wildman–Crippen MR) is 204 cm³/mol. The van der Waals surface area contributed by atoms with E-state index >= 15 is 0 Å². The summed E-state index contributed by atoms with van der Waals surface area (Å²) in [6, 6.07) is 10.7. The maximum atomic E-state index is 13.5. The molecule has 6 atom stereocenters. The van der Waals surface area contributed by atoms with Gasteiger partial charge in [0.1, 0.15) is 17.5 Å². The summed E-state index contributed by atoms with van der Waals surface area (Å²) in [4.78, 5) is 29.3. The molecule has 3 N–H and O–H groups in total. The molecule has 0 unspecified atom stereocenters. The number of piperazine rings is 1. The molecular formula is C39H45FN12O3. The Hall–Kier alpha value is -5.64. The van der Waals surface area contributed by atoms with Gasteiger partial charge in [-0.3, -0.25) is 8.80 Å². The van der Waals surface area contributed by atoms with E-state index in [0.717, 1.165) is 83.8 Å². The molecule has 1 aliphatic heterocycles. The molecule has 0 bridgehead atoms. The van der Waals surface area contributed by atoms with E-state index in [1.807, 2.05) is 17.3 Å². The van der Waals surface area contributed by atoms with Crippen LogP contribution < -0.4 is 4.90 Å². The molecule has 55 heavy (non-hydrogen) atoms. The van der Waals surface area contributed by atoms with Gasteiger partial charge >= 0.3 is 6.09 Å². The second-order valence-corrected chi connectivity index (χ2v) is 15.0. The van der Waals surface area contributed by atoms with Gasteiger partial charge in [-0.2, -0.15) is 0 Å². The van der Waals surface area contributed by atoms with Gasteiger partial charge in [0.25, 0.3) is 0 Å². The Morgan fingerprint density at radius 1 is 0.764 bits per heavy atom. The number of hydrogen-bond acceptors (Lipinski definition) is 9. The number of halogens is 1. The van der Waals surface area contributed by atoms with Crippen LogP contribution in [0.25, 0.3) is 33.6 Å². The van der Waals surface area contributed by atoms with Crippen molar-refractivity contribution < 1.29 is 19.0 Å². The highest BCUT2D eigenvalue weighted by atomic mass is 19.1. The molecule has 16 heteroatoms. The zero-order valence-corrected chi connectivity index (χ0v) is 30.9. The summed E-state index contributed by atoms with van der Waals surface area (Å²) >= 11 is 0. The van der Waals surface area contributed by atoms with Crippen LogP contribution in [-0.4, -0.2) is 104 Å². The summed E-state index contributed by atoms with van der Waals surface area (Å²) in [5, 5.41) is 27.1. The number of para-hydroxylation sites is 1. The maximum absolute atomic E-state index is 13.5. The molecule has 3 aliphatic rings. The van der Waals surface area contributed by atoms with Gasteiger partial charge in [0.2, 0.25) is 0 Å². The van der Waals surface area contributed by atoms with Gasteiger partial charge in [-0.15, -0.1) is 20.4 Å². The minimum atomic E-state index is -0.909. The second kappa shape index (κ2) is 14.5. The van der Waals surface area contributed by atoms with E-state index in [1.165, 1.54) is 11.0 Å². The molecule has 1 saturated heterocycles. The Labute approximate surface area is 315 Å². The molecule has 0 spiro atoms. The van der Waals surface area contributed by atoms with Crippen molar-refractivity contribution in [2.45, 2.75) is 76.4 Å². The number of nitrogens with zero attached hydrogens (tertiary/aromatic N) is 10. The molecule has 7 heterocycles. The first-order valence-corrected chi connectivity index (χ1v) is 19.4. The Bertz CT molecular complexity index is 2320. The maximum Gasteiger partial charge on any atom is 0.407 e. The van der Waals surface area contributed by atoms with Crippen LogP contribution in [-0.2, 0) is 4.74 Å². The number of amides is 1. The molecule has 2 aliphatic carbocycles. The number of nitrogens with one attached hydrogen (secondary N) is 2. The van der Waals surface area contributed by atoms with E-state index in [2.05, 4.69) is 75.1 Å². The van der Waals surface area contributed by atoms with Crippen molar-refractivity contribution in [2.24, 2.45) is 11.8 Å². The minimum absolute atomic E-state index is 0.216. The number of carboxylic acid groups (broad SMARTS) is 1. The number of ether oxygens (including phenoxy) is 1. The molecule has 3 fully saturated rings. The van der Waals surface area contributed by atoms with Gasteiger partial charge in [-0.25, -0.2) is 19.2 Å². The Balaban J connectivity index is 0.000000209. The molecule has 7 aromatic rings. The van der Waals surface area contributed by atoms with Crippen molar-refractivity contribution in [1.29, 1.82) is 0 Å². The highest BCUT2D eigenvalue weighted by molar-refractivity contribution is 5.75. The molecule has 10 rings (SSSR count). The van der Waals surface area contributed by atoms with Crippen molar-refractivity contribution in [3.8, 4) is 0 Å². The number of hydrogen-bond donors (Lipinski definition) is 3. The number of anilines is 1. The smallest absolute Gasteiger partial charge is 0.407 e. The predicted octanol–water partition coefficient (Wildman–Crippen LogP) is 6.41. The molecular weight excluding hydrogens is 704 g/mol. The van der Waals surface area contributed by atoms with Crippen LogP contribution in [0.3, 0.4) is 0 Å². The quantitative estimate of drug-likeness (QED) is 0.166. The van der Waals surface area contributed by atoms with Gasteiger partial charge in [0, 0.05) is 50.4 Å². The van der Waals surface area contributed by atoms with Crippen molar-refractivity contribution >= 4 is 45.4 Å². The third-order valence-corrected chi connectivity index (χ3v) is 12.1. The summed E-state index contributed by atoms with van der Waals surface area (Å²) in [7, 11) is 0. The lowest BCUT2D eigenvalue weighted by molar-refractivity contribution is -0.00877. The first-order valence-electron chi connectivity index (χ1n) is 19.4. The van der Waals surface area contributed by atoms with Gasteiger partial charge in [0.05, 0.1) is 41.3 Å². The van der Waals surface area contributed by atoms with Gasteiger partial charge in [-0.1, -0.05) is 38.8 Å². The molecule has 1 aromatic carbocycles. The Morgan fingerprint density at radius 2 is 1.29 bits per heavy atom. The van der Waals surface area contributed by atoms with Gasteiger partial charge in [0.15, 0.2) is 22.6 Å². The second-order valence-electron chi connectivity index (χ2n) is 15.0. The summed E-state index contributed by atoms with van der Waals surface area (Å²) < 4.78 is 24.7. The summed E-state index contributed by atoms with van der Waals surface area (Å²) in [6.45, 7) is 6.47. The van der Waals surface area contributed by atoms with Crippen molar-refractivity contribution in [1.82, 2.24) is 54.0 Å². The molecule has 0 radical (unpaired) electrons. The Kier molecular flexibility index (Phi) is 9.28. The van der Waals surface area contributed by atoms with E-state index in [1.54, 1.807) is 30.6 Å². The average molecular weight is 749 g/mol. The molecule has 15 nitrogen and oxygen atoms in total. The lowest BCUT2D eigenvalue weighted by Crippen LogP contribution is -2.48. The zero-order chi connectivity index (χ0) is 37.6. The summed E-state index contributed by atoms with van der Waals surface area (Å²) in [5.74, 6) is 3.45. The number of fused-ring (bicyclic) bond motifs is 6. The summed E-state index contributed by atoms with van der Waals surface area (Å²) in [5.41, 5.74) is 5.93. The highest BCUT2D eigenvalue weighted by Gasteiger charge is 2.43. The van der Waals surface area contributed by atoms with E-state index in [0.29, 0.717) is 55.5 Å². The standard InChI is InChI=1S/C28H32N10O.C11H13FN2O2/c1-3-15-9-17(11-19(15)27-35-33-23-13-31-25-21(37(23)27)5-7-29-25)39-18-10-16(4-2)20(12-18)28-36-34-24-14-32-26-22(38(24)28)6-8-30-26;12-9-3-1-2-4-10(9)13-5-7-14(8-6-13)11(15)16/h5-8,13-20,29-30H,3-4,9-12H2,1-2H3;1-4H,5-8H2,(H,15,16)/t15-,16-,17+,18+,19+,20+;/m1./s1. The van der Waals surface area contributed by atoms with Crippen molar-refractivity contribution in [2.75, 3.05) is 31.1 Å². The minimum Gasteiger partial charge on any atom is -0.465 e. The Morgan fingerprint density at radius 3 is 1.78 bits per heavy atom. The van der Waals surface area contributed by atoms with Gasteiger partial charge in [-0.05, 0) is 61.8 Å². The van der Waals surface area contributed by atoms with Crippen LogP contribution in [0.2, 0.25) is 0 Å². The number of carbonyl (C=O) groups is 1. The average Bonchev–Trinajstić information content (AvgIpc) is 4.06. The van der Waals surface area contributed by atoms with Gasteiger partial charge < -0.3 is 29.6 Å². The normalized spacial score (nSPS) is 24.3. The fraction of sp³-hybridized carbons (Fsp3) is 0.462. The molecule has 6 aromatic heterocycles. The SMILES string of the molecule is CC[C@@H]1C[C@H](O[C@H]2C[C@@H](CC)[C@@H](c3nnc4cnc5[nH]ccc5n34)C2)C[C@@H]1c1nnc2cnc3[nH]ccc3n12.O=C(O)N1CCN(c2ccccc2F)CC1. The van der Waals surface area contributed by atoms with Crippen LogP contribution in [0.15, 0.2) is 61.2 Å². The third kappa shape index (κ3) is 6.41. The van der Waals surface area contributed by atoms with Crippen LogP contribution in [0, 0.1) is 17.7 Å². The molecule has 1 amide bonds. The fourth-order valence-corrected chi connectivity index (χ4v) is 9.30. The first-order chi connectivity index (χ1) is 26.9. The molecule has 2 saturated carbocycles. The van der Waals surface area contributed by atoms with Crippen LogP contribution in [0.4, 0.5) is 14.9 Å². The highest BCUT2D eigenvalue weighted by Crippen LogP contribution is 2.47. The number of rotatable bonds is 7. The number of H-pyrrole nitrogens is 2. The van der Waals surface area contributed by atoms with Crippen LogP contribution >= 0.6 is 0 Å². The van der Waals surface area contributed by atoms with E-state index in [4.69, 9.17) is 9.84 Å². The zero-order valence-electron chi connectivity index (χ0n) is 30.9. The largest absolute Gasteiger partial charge is 0.465 e. The summed E-state index contributed by atoms with van der Waals surface area (Å²) in [6.07, 6.45) is 13.2. The van der Waals surface area contributed by atoms with E-state index in [9.17, 15) is 9.18 Å². The molecule has 286 valence electrons. The van der Waals surface area contributed by atoms with E-state index in [-0.39, 0.29) is 18.0 Å². The number of aromatic amines is 2. The topological polar surface area (TPSA) is 171 Å². The fourth-order valence-electron chi connectivity index (χ4n) is 9.30. The van der Waals surface area contributed by atoms with Crippen molar-refractivity contribution in [3.05, 3.63) is 78.7 Å². The monoisotopic (exact) mass is 748 g/mol. The van der Waals surface area contributed by atoms with E-state index < -0.39 is 6.09 Å². The third-order valence-electron chi connectivity index (χ3n) is 12.1. The lowest BCUT2D eigenvalue weighted by atomic mass is 9.93.